The van der Waals surface area contributed by atoms with E-state index in [2.05, 4.69) is 266 Å². The summed E-state index contributed by atoms with van der Waals surface area (Å²) >= 11 is 0. The molecule has 0 radical (unpaired) electrons. The van der Waals surface area contributed by atoms with Crippen molar-refractivity contribution < 1.29 is 4.42 Å². The van der Waals surface area contributed by atoms with Crippen molar-refractivity contribution in [3.8, 4) is 66.8 Å². The van der Waals surface area contributed by atoms with E-state index in [0.717, 1.165) is 39.0 Å². The number of anilines is 3. The lowest BCUT2D eigenvalue weighted by Crippen LogP contribution is -2.25. The molecule has 0 fully saturated rings. The molecule has 69 heavy (non-hydrogen) atoms. The van der Waals surface area contributed by atoms with Gasteiger partial charge < -0.3 is 9.32 Å². The number of fused-ring (bicyclic) bond motifs is 13. The smallest absolute Gasteiger partial charge is 0.137 e. The van der Waals surface area contributed by atoms with Crippen LogP contribution < -0.4 is 4.90 Å². The Bertz CT molecular complexity index is 3860. The summed E-state index contributed by atoms with van der Waals surface area (Å²) in [7, 11) is 0. The standard InChI is InChI=1S/C67H43NO/c1-4-16-44(17-5-1)46-28-30-47(31-29-46)49-34-38-52(39-35-49)68(51-36-32-48(33-37-51)45-18-6-2-7-19-45)53-40-41-57-62(42-53)69-63-43-61-65(64(66(57)63)50-20-8-3-9-21-50)56-24-12-15-27-60(56)67(61)58-25-13-10-22-54(58)55-23-11-14-26-59(55)67/h1-43H. The molecule has 1 spiro atoms. The SMILES string of the molecule is c1ccc(-c2ccc(-c3ccc(N(c4ccc(-c5ccccc5)cc4)c4ccc5c(c4)oc4cc6c(c(-c7ccccc7)c45)-c4ccccc4C64c5ccccc5-c5ccccc54)cc3)cc2)cc1. The molecule has 0 aliphatic heterocycles. The summed E-state index contributed by atoms with van der Waals surface area (Å²) in [6.07, 6.45) is 0. The first-order chi connectivity index (χ1) is 34.2. The Morgan fingerprint density at radius 1 is 0.275 bits per heavy atom. The van der Waals surface area contributed by atoms with Crippen LogP contribution in [0.1, 0.15) is 22.3 Å². The second-order valence-electron chi connectivity index (χ2n) is 18.3. The van der Waals surface area contributed by atoms with Gasteiger partial charge in [-0.25, -0.2) is 0 Å². The van der Waals surface area contributed by atoms with E-state index in [1.54, 1.807) is 0 Å². The van der Waals surface area contributed by atoms with Crippen LogP contribution in [0.3, 0.4) is 0 Å². The monoisotopic (exact) mass is 877 g/mol. The molecule has 2 heteroatoms. The van der Waals surface area contributed by atoms with Crippen molar-refractivity contribution in [1.29, 1.82) is 0 Å². The Balaban J connectivity index is 0.954. The van der Waals surface area contributed by atoms with Gasteiger partial charge in [0.1, 0.15) is 11.2 Å². The molecule has 2 nitrogen and oxygen atoms in total. The molecule has 0 amide bonds. The third kappa shape index (κ3) is 5.99. The number of hydrogen-bond acceptors (Lipinski definition) is 2. The van der Waals surface area contributed by atoms with E-state index in [9.17, 15) is 0 Å². The maximum Gasteiger partial charge on any atom is 0.137 e. The van der Waals surface area contributed by atoms with Crippen molar-refractivity contribution in [2.45, 2.75) is 5.41 Å². The Morgan fingerprint density at radius 2 is 0.667 bits per heavy atom. The summed E-state index contributed by atoms with van der Waals surface area (Å²) in [4.78, 5) is 2.35. The molecule has 0 saturated carbocycles. The van der Waals surface area contributed by atoms with Crippen molar-refractivity contribution in [2.24, 2.45) is 0 Å². The Kier molecular flexibility index (Phi) is 8.84. The number of rotatable bonds is 7. The van der Waals surface area contributed by atoms with Gasteiger partial charge in [-0.15, -0.1) is 0 Å². The third-order valence-corrected chi connectivity index (χ3v) is 14.7. The van der Waals surface area contributed by atoms with Crippen molar-refractivity contribution in [3.63, 3.8) is 0 Å². The molecule has 322 valence electrons. The van der Waals surface area contributed by atoms with Gasteiger partial charge >= 0.3 is 0 Å². The molecular weight excluding hydrogens is 835 g/mol. The van der Waals surface area contributed by atoms with Gasteiger partial charge in [0.05, 0.1) is 5.41 Å². The Morgan fingerprint density at radius 3 is 1.17 bits per heavy atom. The van der Waals surface area contributed by atoms with Crippen LogP contribution in [-0.4, -0.2) is 0 Å². The molecule has 0 bridgehead atoms. The number of benzene rings is 11. The van der Waals surface area contributed by atoms with Crippen LogP contribution in [0.2, 0.25) is 0 Å². The molecule has 0 saturated heterocycles. The first-order valence-electron chi connectivity index (χ1n) is 23.8. The maximum atomic E-state index is 7.25. The molecule has 14 rings (SSSR count). The summed E-state index contributed by atoms with van der Waals surface area (Å²) in [5.74, 6) is 0. The summed E-state index contributed by atoms with van der Waals surface area (Å²) in [6.45, 7) is 0. The van der Waals surface area contributed by atoms with E-state index in [0.29, 0.717) is 0 Å². The average Bonchev–Trinajstić information content (AvgIpc) is 4.05. The fourth-order valence-corrected chi connectivity index (χ4v) is 11.7. The first kappa shape index (κ1) is 39.2. The van der Waals surface area contributed by atoms with Crippen LogP contribution in [0, 0.1) is 0 Å². The highest BCUT2D eigenvalue weighted by atomic mass is 16.3. The van der Waals surface area contributed by atoms with Crippen LogP contribution in [0.5, 0.6) is 0 Å². The van der Waals surface area contributed by atoms with E-state index in [4.69, 9.17) is 4.42 Å². The Labute approximate surface area is 401 Å². The van der Waals surface area contributed by atoms with Crippen molar-refractivity contribution in [2.75, 3.05) is 4.90 Å². The molecule has 2 aliphatic rings. The topological polar surface area (TPSA) is 16.4 Å². The average molecular weight is 878 g/mol. The second kappa shape index (κ2) is 15.6. The van der Waals surface area contributed by atoms with E-state index in [-0.39, 0.29) is 0 Å². The minimum Gasteiger partial charge on any atom is -0.456 e. The molecule has 11 aromatic carbocycles. The predicted octanol–water partition coefficient (Wildman–Crippen LogP) is 18.1. The highest BCUT2D eigenvalue weighted by molar-refractivity contribution is 6.19. The lowest BCUT2D eigenvalue weighted by Gasteiger charge is -2.30. The summed E-state index contributed by atoms with van der Waals surface area (Å²) in [5, 5.41) is 2.23. The van der Waals surface area contributed by atoms with Gasteiger partial charge in [-0.1, -0.05) is 212 Å². The Hall–Kier alpha value is -8.98. The van der Waals surface area contributed by atoms with Crippen molar-refractivity contribution >= 4 is 39.0 Å². The van der Waals surface area contributed by atoms with E-state index < -0.39 is 5.41 Å². The van der Waals surface area contributed by atoms with E-state index >= 15 is 0 Å². The maximum absolute atomic E-state index is 7.25. The highest BCUT2D eigenvalue weighted by Crippen LogP contribution is 2.65. The molecule has 2 aliphatic carbocycles. The first-order valence-corrected chi connectivity index (χ1v) is 23.8. The molecule has 0 atom stereocenters. The van der Waals surface area contributed by atoms with Gasteiger partial charge in [0.25, 0.3) is 0 Å². The molecule has 0 N–H and O–H groups in total. The van der Waals surface area contributed by atoms with Gasteiger partial charge in [-0.3, -0.25) is 0 Å². The van der Waals surface area contributed by atoms with Crippen LogP contribution in [0.25, 0.3) is 88.7 Å². The summed E-state index contributed by atoms with van der Waals surface area (Å²) in [5.41, 5.74) is 24.2. The van der Waals surface area contributed by atoms with E-state index in [1.165, 1.54) is 89.0 Å². The zero-order valence-corrected chi connectivity index (χ0v) is 37.7. The minimum absolute atomic E-state index is 0.500. The van der Waals surface area contributed by atoms with E-state index in [1.807, 2.05) is 0 Å². The fourth-order valence-electron chi connectivity index (χ4n) is 11.7. The summed E-state index contributed by atoms with van der Waals surface area (Å²) in [6, 6.07) is 95.0. The lowest BCUT2D eigenvalue weighted by molar-refractivity contribution is 0.666. The van der Waals surface area contributed by atoms with Gasteiger partial charge in [-0.2, -0.15) is 0 Å². The normalized spacial score (nSPS) is 12.8. The van der Waals surface area contributed by atoms with Gasteiger partial charge in [0.2, 0.25) is 0 Å². The van der Waals surface area contributed by atoms with Crippen LogP contribution in [-0.2, 0) is 5.41 Å². The summed E-state index contributed by atoms with van der Waals surface area (Å²) < 4.78 is 7.25. The van der Waals surface area contributed by atoms with Gasteiger partial charge in [-0.05, 0) is 126 Å². The molecule has 12 aromatic rings. The number of nitrogens with zero attached hydrogens (tertiary/aromatic N) is 1. The fraction of sp³-hybridized carbons (Fsp3) is 0.0149. The largest absolute Gasteiger partial charge is 0.456 e. The quantitative estimate of drug-likeness (QED) is 0.159. The lowest BCUT2D eigenvalue weighted by atomic mass is 9.70. The number of furan rings is 1. The third-order valence-electron chi connectivity index (χ3n) is 14.7. The minimum atomic E-state index is -0.500. The van der Waals surface area contributed by atoms with Crippen LogP contribution >= 0.6 is 0 Å². The zero-order chi connectivity index (χ0) is 45.5. The molecule has 1 aromatic heterocycles. The van der Waals surface area contributed by atoms with Crippen LogP contribution in [0.4, 0.5) is 17.1 Å². The highest BCUT2D eigenvalue weighted by Gasteiger charge is 2.52. The second-order valence-corrected chi connectivity index (χ2v) is 18.3. The predicted molar refractivity (Wildman–Crippen MR) is 286 cm³/mol. The molecule has 1 heterocycles. The van der Waals surface area contributed by atoms with Crippen LogP contribution in [0.15, 0.2) is 265 Å². The van der Waals surface area contributed by atoms with Gasteiger partial charge in [0.15, 0.2) is 0 Å². The zero-order valence-electron chi connectivity index (χ0n) is 37.7. The number of hydrogen-bond donors (Lipinski definition) is 0. The van der Waals surface area contributed by atoms with Gasteiger partial charge in [0, 0.05) is 39.5 Å². The van der Waals surface area contributed by atoms with Crippen molar-refractivity contribution in [1.82, 2.24) is 0 Å². The molecular formula is C67H43NO. The van der Waals surface area contributed by atoms with Crippen molar-refractivity contribution in [3.05, 3.63) is 283 Å². The molecule has 0 unspecified atom stereocenters.